The molecule has 24 heavy (non-hydrogen) atoms. The Bertz CT molecular complexity index is 693. The van der Waals surface area contributed by atoms with Crippen molar-refractivity contribution in [3.63, 3.8) is 0 Å². The van der Waals surface area contributed by atoms with Gasteiger partial charge in [-0.3, -0.25) is 4.79 Å². The molecule has 0 bridgehead atoms. The van der Waals surface area contributed by atoms with Crippen LogP contribution in [-0.2, 0) is 11.2 Å². The van der Waals surface area contributed by atoms with Gasteiger partial charge < -0.3 is 14.5 Å². The molecule has 0 spiro atoms. The maximum Gasteiger partial charge on any atom is 0.223 e. The average Bonchev–Trinajstić information content (AvgIpc) is 3.09. The highest BCUT2D eigenvalue weighted by molar-refractivity contribution is 7.13. The summed E-state index contributed by atoms with van der Waals surface area (Å²) >= 11 is 1.60. The number of hydrogen-bond acceptors (Lipinski definition) is 5. The van der Waals surface area contributed by atoms with Gasteiger partial charge in [-0.2, -0.15) is 0 Å². The number of piperazine rings is 1. The summed E-state index contributed by atoms with van der Waals surface area (Å²) in [6, 6.07) is 7.88. The van der Waals surface area contributed by atoms with E-state index in [4.69, 9.17) is 4.74 Å². The summed E-state index contributed by atoms with van der Waals surface area (Å²) in [4.78, 5) is 21.2. The third kappa shape index (κ3) is 3.94. The van der Waals surface area contributed by atoms with Crippen LogP contribution in [0.2, 0.25) is 0 Å². The monoisotopic (exact) mass is 345 g/mol. The third-order valence-corrected chi connectivity index (χ3v) is 5.26. The number of ether oxygens (including phenoxy) is 1. The SMILES string of the molecule is COc1ccccc1-c1nc(CCC(=O)N2CCN(C)CC2)cs1. The second-order valence-electron chi connectivity index (χ2n) is 6.03. The molecule has 0 unspecified atom stereocenters. The van der Waals surface area contributed by atoms with Crippen molar-refractivity contribution >= 4 is 17.2 Å². The van der Waals surface area contributed by atoms with E-state index in [1.54, 1.807) is 18.4 Å². The molecule has 128 valence electrons. The highest BCUT2D eigenvalue weighted by atomic mass is 32.1. The molecule has 0 N–H and O–H groups in total. The maximum absolute atomic E-state index is 12.3. The summed E-state index contributed by atoms with van der Waals surface area (Å²) < 4.78 is 5.40. The van der Waals surface area contributed by atoms with Crippen LogP contribution < -0.4 is 4.74 Å². The van der Waals surface area contributed by atoms with Gasteiger partial charge in [0, 0.05) is 38.0 Å². The molecule has 1 aliphatic heterocycles. The summed E-state index contributed by atoms with van der Waals surface area (Å²) in [6.07, 6.45) is 1.22. The van der Waals surface area contributed by atoms with Crippen molar-refractivity contribution < 1.29 is 9.53 Å². The van der Waals surface area contributed by atoms with Gasteiger partial charge in [0.05, 0.1) is 18.4 Å². The van der Waals surface area contributed by atoms with Crippen molar-refractivity contribution in [1.29, 1.82) is 0 Å². The first-order chi connectivity index (χ1) is 11.7. The molecule has 1 aliphatic rings. The van der Waals surface area contributed by atoms with Crippen LogP contribution in [0.15, 0.2) is 29.6 Å². The first kappa shape index (κ1) is 16.9. The second-order valence-corrected chi connectivity index (χ2v) is 6.89. The summed E-state index contributed by atoms with van der Waals surface area (Å²) in [7, 11) is 3.76. The predicted molar refractivity (Wildman–Crippen MR) is 96.5 cm³/mol. The largest absolute Gasteiger partial charge is 0.496 e. The first-order valence-corrected chi connectivity index (χ1v) is 9.09. The molecule has 2 heterocycles. The number of likely N-dealkylation sites (N-methyl/N-ethyl adjacent to an activating group) is 1. The Hall–Kier alpha value is -1.92. The minimum absolute atomic E-state index is 0.231. The van der Waals surface area contributed by atoms with Gasteiger partial charge >= 0.3 is 0 Å². The van der Waals surface area contributed by atoms with Gasteiger partial charge in [0.25, 0.3) is 0 Å². The van der Waals surface area contributed by atoms with Crippen molar-refractivity contribution in [2.45, 2.75) is 12.8 Å². The van der Waals surface area contributed by atoms with Crippen LogP contribution in [0.1, 0.15) is 12.1 Å². The lowest BCUT2D eigenvalue weighted by Crippen LogP contribution is -2.47. The molecule has 2 aromatic rings. The lowest BCUT2D eigenvalue weighted by Gasteiger charge is -2.32. The number of methoxy groups -OCH3 is 1. The number of carbonyl (C=O) groups excluding carboxylic acids is 1. The molecular weight excluding hydrogens is 322 g/mol. The summed E-state index contributed by atoms with van der Waals surface area (Å²) in [6.45, 7) is 3.58. The maximum atomic E-state index is 12.3. The van der Waals surface area contributed by atoms with E-state index in [0.29, 0.717) is 12.8 Å². The number of aryl methyl sites for hydroxylation is 1. The van der Waals surface area contributed by atoms with Crippen LogP contribution in [0.3, 0.4) is 0 Å². The van der Waals surface area contributed by atoms with Crippen LogP contribution in [-0.4, -0.2) is 61.0 Å². The molecule has 5 nitrogen and oxygen atoms in total. The number of rotatable bonds is 5. The molecule has 1 aromatic heterocycles. The number of thiazole rings is 1. The molecule has 0 radical (unpaired) electrons. The van der Waals surface area contributed by atoms with Crippen molar-refractivity contribution in [3.8, 4) is 16.3 Å². The fraction of sp³-hybridized carbons (Fsp3) is 0.444. The first-order valence-electron chi connectivity index (χ1n) is 8.21. The normalized spacial score (nSPS) is 15.5. The number of benzene rings is 1. The van der Waals surface area contributed by atoms with E-state index in [1.807, 2.05) is 34.5 Å². The van der Waals surface area contributed by atoms with Crippen LogP contribution in [0.5, 0.6) is 5.75 Å². The minimum Gasteiger partial charge on any atom is -0.496 e. The topological polar surface area (TPSA) is 45.7 Å². The molecule has 1 aromatic carbocycles. The lowest BCUT2D eigenvalue weighted by atomic mass is 10.2. The highest BCUT2D eigenvalue weighted by Gasteiger charge is 2.19. The van der Waals surface area contributed by atoms with E-state index in [2.05, 4.69) is 16.9 Å². The Morgan fingerprint density at radius 1 is 1.25 bits per heavy atom. The molecule has 3 rings (SSSR count). The molecule has 1 amide bonds. The van der Waals surface area contributed by atoms with Crippen LogP contribution in [0.25, 0.3) is 10.6 Å². The van der Waals surface area contributed by atoms with Gasteiger partial charge in [-0.25, -0.2) is 4.98 Å². The average molecular weight is 345 g/mol. The molecule has 0 atom stereocenters. The fourth-order valence-electron chi connectivity index (χ4n) is 2.82. The van der Waals surface area contributed by atoms with E-state index in [9.17, 15) is 4.79 Å². The van der Waals surface area contributed by atoms with Gasteiger partial charge in [0.2, 0.25) is 5.91 Å². The molecule has 1 fully saturated rings. The minimum atomic E-state index is 0.231. The molecule has 0 saturated carbocycles. The smallest absolute Gasteiger partial charge is 0.223 e. The highest BCUT2D eigenvalue weighted by Crippen LogP contribution is 2.32. The van der Waals surface area contributed by atoms with Crippen LogP contribution in [0.4, 0.5) is 0 Å². The summed E-state index contributed by atoms with van der Waals surface area (Å²) in [5.41, 5.74) is 1.98. The summed E-state index contributed by atoms with van der Waals surface area (Å²) in [5.74, 6) is 1.06. The van der Waals surface area contributed by atoms with E-state index >= 15 is 0 Å². The molecule has 1 saturated heterocycles. The Morgan fingerprint density at radius 2 is 2.00 bits per heavy atom. The van der Waals surface area contributed by atoms with Gasteiger partial charge in [0.15, 0.2) is 0 Å². The van der Waals surface area contributed by atoms with Gasteiger partial charge in [-0.1, -0.05) is 12.1 Å². The predicted octanol–water partition coefficient (Wildman–Crippen LogP) is 2.53. The zero-order valence-electron chi connectivity index (χ0n) is 14.2. The second kappa shape index (κ2) is 7.77. The van der Waals surface area contributed by atoms with Crippen LogP contribution >= 0.6 is 11.3 Å². The zero-order valence-corrected chi connectivity index (χ0v) is 15.0. The van der Waals surface area contributed by atoms with E-state index in [-0.39, 0.29) is 5.91 Å². The Labute approximate surface area is 146 Å². The lowest BCUT2D eigenvalue weighted by molar-refractivity contribution is -0.132. The Kier molecular flexibility index (Phi) is 5.48. The van der Waals surface area contributed by atoms with E-state index in [1.165, 1.54) is 0 Å². The number of amides is 1. The van der Waals surface area contributed by atoms with Crippen molar-refractivity contribution in [3.05, 3.63) is 35.3 Å². The number of hydrogen-bond donors (Lipinski definition) is 0. The third-order valence-electron chi connectivity index (χ3n) is 4.34. The number of nitrogens with zero attached hydrogens (tertiary/aromatic N) is 3. The fourth-order valence-corrected chi connectivity index (χ4v) is 3.70. The number of para-hydroxylation sites is 1. The molecular formula is C18H23N3O2S. The number of aromatic nitrogens is 1. The van der Waals surface area contributed by atoms with E-state index < -0.39 is 0 Å². The standard InChI is InChI=1S/C18H23N3O2S/c1-20-9-11-21(12-10-20)17(22)8-7-14-13-24-18(19-14)15-5-3-4-6-16(15)23-2/h3-6,13H,7-12H2,1-2H3. The van der Waals surface area contributed by atoms with Crippen molar-refractivity contribution in [1.82, 2.24) is 14.8 Å². The Morgan fingerprint density at radius 3 is 2.75 bits per heavy atom. The molecule has 6 heteroatoms. The van der Waals surface area contributed by atoms with E-state index in [0.717, 1.165) is 48.2 Å². The van der Waals surface area contributed by atoms with Crippen molar-refractivity contribution in [2.75, 3.05) is 40.3 Å². The molecule has 0 aliphatic carbocycles. The zero-order chi connectivity index (χ0) is 16.9. The number of carbonyl (C=O) groups is 1. The quantitative estimate of drug-likeness (QED) is 0.835. The van der Waals surface area contributed by atoms with Crippen LogP contribution in [0, 0.1) is 0 Å². The van der Waals surface area contributed by atoms with Gasteiger partial charge in [-0.05, 0) is 25.6 Å². The summed E-state index contributed by atoms with van der Waals surface area (Å²) in [5, 5.41) is 2.98. The van der Waals surface area contributed by atoms with Gasteiger partial charge in [-0.15, -0.1) is 11.3 Å². The Balaban J connectivity index is 1.59. The van der Waals surface area contributed by atoms with Crippen molar-refractivity contribution in [2.24, 2.45) is 0 Å². The van der Waals surface area contributed by atoms with Gasteiger partial charge in [0.1, 0.15) is 10.8 Å².